The van der Waals surface area contributed by atoms with Gasteiger partial charge in [0.1, 0.15) is 0 Å². The molecule has 0 heterocycles. The molecule has 0 aromatic carbocycles. The summed E-state index contributed by atoms with van der Waals surface area (Å²) in [5.74, 6) is 0. The molecular weight excluding hydrogens is 192 g/mol. The van der Waals surface area contributed by atoms with Crippen molar-refractivity contribution in [1.29, 1.82) is 0 Å². The van der Waals surface area contributed by atoms with E-state index in [2.05, 4.69) is 64.2 Å². The molecule has 0 radical (unpaired) electrons. The molecule has 0 unspecified atom stereocenters. The molecule has 0 atom stereocenters. The lowest BCUT2D eigenvalue weighted by atomic mass is 9.76. The van der Waals surface area contributed by atoms with Gasteiger partial charge in [0.15, 0.2) is 0 Å². The van der Waals surface area contributed by atoms with Gasteiger partial charge in [-0.3, -0.25) is 0 Å². The van der Waals surface area contributed by atoms with Crippen LogP contribution in [-0.2, 0) is 0 Å². The van der Waals surface area contributed by atoms with E-state index in [0.717, 1.165) is 19.3 Å². The predicted molar refractivity (Wildman–Crippen MR) is 75.6 cm³/mol. The molecule has 0 fully saturated rings. The molecule has 16 heavy (non-hydrogen) atoms. The largest absolute Gasteiger partial charge is 0.0916 e. The number of allylic oxidation sites excluding steroid dienone is 6. The number of hydrogen-bond donors (Lipinski definition) is 0. The summed E-state index contributed by atoms with van der Waals surface area (Å²) in [6.07, 6.45) is 19.7. The van der Waals surface area contributed by atoms with Crippen molar-refractivity contribution in [1.82, 2.24) is 0 Å². The average molecular weight is 220 g/mol. The lowest BCUT2D eigenvalue weighted by molar-refractivity contribution is 0.353. The highest BCUT2D eigenvalue weighted by Gasteiger charge is 2.22. The predicted octanol–water partition coefficient (Wildman–Crippen LogP) is 5.67. The van der Waals surface area contributed by atoms with Gasteiger partial charge in [-0.15, -0.1) is 0 Å². The summed E-state index contributed by atoms with van der Waals surface area (Å²) < 4.78 is 0. The second-order valence-corrected chi connectivity index (χ2v) is 4.47. The smallest absolute Gasteiger partial charge is 0.00494 e. The Hall–Kier alpha value is -0.780. The van der Waals surface area contributed by atoms with E-state index >= 15 is 0 Å². The maximum Gasteiger partial charge on any atom is -0.00494 e. The minimum Gasteiger partial charge on any atom is -0.0916 e. The molecule has 0 aromatic rings. The Morgan fingerprint density at radius 3 is 1.81 bits per heavy atom. The van der Waals surface area contributed by atoms with Crippen LogP contribution in [0.2, 0.25) is 0 Å². The van der Waals surface area contributed by atoms with Crippen LogP contribution in [0.1, 0.15) is 59.8 Å². The van der Waals surface area contributed by atoms with Gasteiger partial charge in [0.2, 0.25) is 0 Å². The first-order valence-corrected chi connectivity index (χ1v) is 6.64. The fraction of sp³-hybridized carbons (Fsp3) is 0.625. The molecule has 0 aliphatic rings. The molecule has 0 spiro atoms. The first-order chi connectivity index (χ1) is 7.74. The Morgan fingerprint density at radius 1 is 0.875 bits per heavy atom. The summed E-state index contributed by atoms with van der Waals surface area (Å²) in [6.45, 7) is 8.70. The van der Waals surface area contributed by atoms with Gasteiger partial charge in [-0.25, -0.2) is 0 Å². The molecule has 0 N–H and O–H groups in total. The van der Waals surface area contributed by atoms with Gasteiger partial charge in [-0.05, 0) is 44.9 Å². The van der Waals surface area contributed by atoms with E-state index in [1.807, 2.05) is 0 Å². The molecule has 0 aliphatic heterocycles. The maximum atomic E-state index is 2.44. The molecule has 92 valence electrons. The zero-order valence-electron chi connectivity index (χ0n) is 11.5. The Morgan fingerprint density at radius 2 is 1.44 bits per heavy atom. The fourth-order valence-corrected chi connectivity index (χ4v) is 2.08. The van der Waals surface area contributed by atoms with Crippen molar-refractivity contribution >= 4 is 0 Å². The van der Waals surface area contributed by atoms with Gasteiger partial charge >= 0.3 is 0 Å². The molecule has 0 nitrogen and oxygen atoms in total. The van der Waals surface area contributed by atoms with Crippen LogP contribution in [-0.4, -0.2) is 0 Å². The summed E-state index contributed by atoms with van der Waals surface area (Å²) in [4.78, 5) is 0. The van der Waals surface area contributed by atoms with E-state index < -0.39 is 0 Å². The standard InChI is InChI=1S/C16H28/c1-5-9-13-16(12-8-4,14-10-6-2)15-11-7-3/h5-6,9-11,15H,7-8,12-14H2,1-4H3. The Kier molecular flexibility index (Phi) is 8.99. The van der Waals surface area contributed by atoms with Crippen LogP contribution in [0.5, 0.6) is 0 Å². The van der Waals surface area contributed by atoms with Crippen molar-refractivity contribution in [2.24, 2.45) is 5.41 Å². The van der Waals surface area contributed by atoms with Crippen molar-refractivity contribution in [2.45, 2.75) is 59.8 Å². The molecule has 0 amide bonds. The second-order valence-electron chi connectivity index (χ2n) is 4.47. The lowest BCUT2D eigenvalue weighted by Crippen LogP contribution is -2.16. The molecule has 0 aliphatic carbocycles. The van der Waals surface area contributed by atoms with Crippen LogP contribution < -0.4 is 0 Å². The van der Waals surface area contributed by atoms with Crippen LogP contribution in [0, 0.1) is 5.41 Å². The second kappa shape index (κ2) is 9.45. The van der Waals surface area contributed by atoms with Crippen LogP contribution in [0.4, 0.5) is 0 Å². The Balaban J connectivity index is 4.78. The third-order valence-corrected chi connectivity index (χ3v) is 2.98. The fourth-order valence-electron chi connectivity index (χ4n) is 2.08. The SMILES string of the molecule is CC=CCC(C=CCC)(CC=CC)CCC. The van der Waals surface area contributed by atoms with E-state index in [1.54, 1.807) is 0 Å². The zero-order valence-corrected chi connectivity index (χ0v) is 11.5. The minimum absolute atomic E-state index is 0.351. The Bertz CT molecular complexity index is 216. The summed E-state index contributed by atoms with van der Waals surface area (Å²) in [5.41, 5.74) is 0.351. The van der Waals surface area contributed by atoms with Gasteiger partial charge in [-0.1, -0.05) is 56.7 Å². The van der Waals surface area contributed by atoms with E-state index in [0.29, 0.717) is 5.41 Å². The highest BCUT2D eigenvalue weighted by molar-refractivity contribution is 5.06. The van der Waals surface area contributed by atoms with E-state index in [-0.39, 0.29) is 0 Å². The molecule has 0 saturated heterocycles. The summed E-state index contributed by atoms with van der Waals surface area (Å²) in [5, 5.41) is 0. The third kappa shape index (κ3) is 5.95. The van der Waals surface area contributed by atoms with Crippen LogP contribution >= 0.6 is 0 Å². The van der Waals surface area contributed by atoms with E-state index in [4.69, 9.17) is 0 Å². The molecule has 0 heteroatoms. The summed E-state index contributed by atoms with van der Waals surface area (Å²) >= 11 is 0. The monoisotopic (exact) mass is 220 g/mol. The highest BCUT2D eigenvalue weighted by atomic mass is 14.3. The zero-order chi connectivity index (χ0) is 12.3. The topological polar surface area (TPSA) is 0 Å². The highest BCUT2D eigenvalue weighted by Crippen LogP contribution is 2.35. The van der Waals surface area contributed by atoms with E-state index in [9.17, 15) is 0 Å². The number of hydrogen-bond acceptors (Lipinski definition) is 0. The van der Waals surface area contributed by atoms with Gasteiger partial charge in [0.05, 0.1) is 0 Å². The average Bonchev–Trinajstić information content (AvgIpc) is 2.31. The lowest BCUT2D eigenvalue weighted by Gasteiger charge is -2.28. The van der Waals surface area contributed by atoms with Crippen molar-refractivity contribution in [3.8, 4) is 0 Å². The molecule has 0 rings (SSSR count). The van der Waals surface area contributed by atoms with Gasteiger partial charge in [-0.2, -0.15) is 0 Å². The molecule has 0 bridgehead atoms. The Labute approximate surface area is 102 Å². The minimum atomic E-state index is 0.351. The van der Waals surface area contributed by atoms with Crippen LogP contribution in [0.3, 0.4) is 0 Å². The van der Waals surface area contributed by atoms with Gasteiger partial charge < -0.3 is 0 Å². The third-order valence-electron chi connectivity index (χ3n) is 2.98. The van der Waals surface area contributed by atoms with E-state index in [1.165, 1.54) is 12.8 Å². The molecule has 0 aromatic heterocycles. The maximum absolute atomic E-state index is 2.44. The van der Waals surface area contributed by atoms with Gasteiger partial charge in [0.25, 0.3) is 0 Å². The van der Waals surface area contributed by atoms with Crippen molar-refractivity contribution in [3.05, 3.63) is 36.5 Å². The summed E-state index contributed by atoms with van der Waals surface area (Å²) in [6, 6.07) is 0. The van der Waals surface area contributed by atoms with Crippen molar-refractivity contribution in [3.63, 3.8) is 0 Å². The summed E-state index contributed by atoms with van der Waals surface area (Å²) in [7, 11) is 0. The first kappa shape index (κ1) is 15.2. The van der Waals surface area contributed by atoms with Crippen molar-refractivity contribution < 1.29 is 0 Å². The molecular formula is C16H28. The van der Waals surface area contributed by atoms with Gasteiger partial charge in [0, 0.05) is 0 Å². The normalized spacial score (nSPS) is 16.5. The molecule has 0 saturated carbocycles. The quantitative estimate of drug-likeness (QED) is 0.462. The number of rotatable bonds is 8. The van der Waals surface area contributed by atoms with Crippen LogP contribution in [0.25, 0.3) is 0 Å². The van der Waals surface area contributed by atoms with Crippen LogP contribution in [0.15, 0.2) is 36.5 Å². The van der Waals surface area contributed by atoms with Crippen molar-refractivity contribution in [2.75, 3.05) is 0 Å². The first-order valence-electron chi connectivity index (χ1n) is 6.64.